The number of aryl methyl sites for hydroxylation is 1. The maximum Gasteiger partial charge on any atom is 0.338 e. The minimum atomic E-state index is -0.687. The fourth-order valence-corrected chi connectivity index (χ4v) is 5.73. The van der Waals surface area contributed by atoms with E-state index in [1.165, 1.54) is 23.5 Å². The van der Waals surface area contributed by atoms with Crippen molar-refractivity contribution in [3.8, 4) is 11.5 Å². The second-order valence-electron chi connectivity index (χ2n) is 9.51. The fourth-order valence-electron chi connectivity index (χ4n) is 4.69. The molecular weight excluding hydrogens is 543 g/mol. The van der Waals surface area contributed by atoms with Gasteiger partial charge in [-0.1, -0.05) is 65.4 Å². The van der Waals surface area contributed by atoms with E-state index in [2.05, 4.69) is 4.99 Å². The average Bonchev–Trinajstić information content (AvgIpc) is 3.26. The molecule has 210 valence electrons. The van der Waals surface area contributed by atoms with Gasteiger partial charge in [0, 0.05) is 5.56 Å². The van der Waals surface area contributed by atoms with Crippen LogP contribution in [0.5, 0.6) is 11.5 Å². The van der Waals surface area contributed by atoms with E-state index in [0.717, 1.165) is 16.7 Å². The van der Waals surface area contributed by atoms with Gasteiger partial charge in [-0.05, 0) is 56.2 Å². The third-order valence-electron chi connectivity index (χ3n) is 6.72. The van der Waals surface area contributed by atoms with Gasteiger partial charge in [-0.3, -0.25) is 9.36 Å². The summed E-state index contributed by atoms with van der Waals surface area (Å²) in [6.45, 7) is 5.86. The molecule has 0 saturated carbocycles. The van der Waals surface area contributed by atoms with Gasteiger partial charge in [0.2, 0.25) is 0 Å². The first kappa shape index (κ1) is 28.0. The molecule has 0 saturated heterocycles. The van der Waals surface area contributed by atoms with Gasteiger partial charge in [0.05, 0.1) is 35.6 Å². The van der Waals surface area contributed by atoms with Crippen LogP contribution in [-0.2, 0) is 16.1 Å². The monoisotopic (exact) mass is 572 g/mol. The second kappa shape index (κ2) is 11.9. The molecule has 0 bridgehead atoms. The predicted molar refractivity (Wildman–Crippen MR) is 155 cm³/mol. The van der Waals surface area contributed by atoms with Gasteiger partial charge in [-0.15, -0.1) is 0 Å². The predicted octanol–water partition coefficient (Wildman–Crippen LogP) is 4.83. The Kier molecular flexibility index (Phi) is 8.16. The van der Waals surface area contributed by atoms with Crippen LogP contribution in [0.4, 0.5) is 4.39 Å². The molecule has 0 radical (unpaired) electrons. The van der Waals surface area contributed by atoms with Crippen LogP contribution < -0.4 is 24.4 Å². The summed E-state index contributed by atoms with van der Waals surface area (Å²) in [5, 5.41) is 0. The summed E-state index contributed by atoms with van der Waals surface area (Å²) in [5.74, 6) is 0.112. The summed E-state index contributed by atoms with van der Waals surface area (Å²) >= 11 is 1.23. The molecular formula is C32H29FN2O5S. The maximum atomic E-state index is 14.0. The number of esters is 1. The highest BCUT2D eigenvalue weighted by Gasteiger charge is 2.33. The van der Waals surface area contributed by atoms with Crippen molar-refractivity contribution in [2.75, 3.05) is 13.7 Å². The molecule has 5 rings (SSSR count). The topological polar surface area (TPSA) is 79.1 Å². The Morgan fingerprint density at radius 3 is 2.49 bits per heavy atom. The lowest BCUT2D eigenvalue weighted by atomic mass is 9.95. The highest BCUT2D eigenvalue weighted by atomic mass is 32.1. The maximum absolute atomic E-state index is 14.0. The smallest absolute Gasteiger partial charge is 0.338 e. The molecule has 7 nitrogen and oxygen atoms in total. The van der Waals surface area contributed by atoms with Crippen molar-refractivity contribution in [3.63, 3.8) is 0 Å². The Hall–Kier alpha value is -4.50. The summed E-state index contributed by atoms with van der Waals surface area (Å²) in [6, 6.07) is 18.5. The zero-order valence-electron chi connectivity index (χ0n) is 23.1. The first-order valence-corrected chi connectivity index (χ1v) is 13.9. The van der Waals surface area contributed by atoms with E-state index < -0.39 is 12.0 Å². The van der Waals surface area contributed by atoms with Gasteiger partial charge in [-0.2, -0.15) is 0 Å². The van der Waals surface area contributed by atoms with Gasteiger partial charge < -0.3 is 14.2 Å². The van der Waals surface area contributed by atoms with Crippen LogP contribution in [0.25, 0.3) is 6.08 Å². The third-order valence-corrected chi connectivity index (χ3v) is 7.71. The number of hydrogen-bond acceptors (Lipinski definition) is 7. The molecule has 3 aromatic carbocycles. The summed E-state index contributed by atoms with van der Waals surface area (Å²) < 4.78 is 32.4. The van der Waals surface area contributed by atoms with E-state index in [4.69, 9.17) is 14.2 Å². The van der Waals surface area contributed by atoms with E-state index in [9.17, 15) is 14.0 Å². The molecule has 0 aliphatic carbocycles. The molecule has 9 heteroatoms. The summed E-state index contributed by atoms with van der Waals surface area (Å²) in [4.78, 5) is 32.2. The van der Waals surface area contributed by atoms with Gasteiger partial charge >= 0.3 is 5.97 Å². The second-order valence-corrected chi connectivity index (χ2v) is 10.5. The van der Waals surface area contributed by atoms with Gasteiger partial charge in [0.15, 0.2) is 16.3 Å². The Balaban J connectivity index is 1.63. The number of fused-ring (bicyclic) bond motifs is 1. The lowest BCUT2D eigenvalue weighted by Gasteiger charge is -2.24. The van der Waals surface area contributed by atoms with E-state index in [-0.39, 0.29) is 24.6 Å². The van der Waals surface area contributed by atoms with Gasteiger partial charge in [0.25, 0.3) is 5.56 Å². The molecule has 0 fully saturated rings. The van der Waals surface area contributed by atoms with Gasteiger partial charge in [-0.25, -0.2) is 14.2 Å². The molecule has 41 heavy (non-hydrogen) atoms. The van der Waals surface area contributed by atoms with Crippen molar-refractivity contribution in [2.45, 2.75) is 33.4 Å². The van der Waals surface area contributed by atoms with E-state index in [1.54, 1.807) is 49.8 Å². The largest absolute Gasteiger partial charge is 0.493 e. The molecule has 2 heterocycles. The number of thiazole rings is 1. The first-order chi connectivity index (χ1) is 19.8. The molecule has 1 aliphatic heterocycles. The molecule has 1 atom stereocenters. The van der Waals surface area contributed by atoms with Crippen LogP contribution in [0.15, 0.2) is 87.8 Å². The summed E-state index contributed by atoms with van der Waals surface area (Å²) in [7, 11) is 1.54. The normalized spacial score (nSPS) is 14.9. The number of nitrogens with zero attached hydrogens (tertiary/aromatic N) is 2. The number of hydrogen-bond donors (Lipinski definition) is 0. The van der Waals surface area contributed by atoms with Crippen molar-refractivity contribution in [3.05, 3.63) is 126 Å². The van der Waals surface area contributed by atoms with Crippen LogP contribution in [-0.4, -0.2) is 24.3 Å². The van der Waals surface area contributed by atoms with Crippen molar-refractivity contribution in [1.29, 1.82) is 0 Å². The quantitative estimate of drug-likeness (QED) is 0.283. The number of carbonyl (C=O) groups is 1. The molecule has 1 aliphatic rings. The number of allylic oxidation sites excluding steroid dienone is 1. The van der Waals surface area contributed by atoms with Crippen LogP contribution in [0, 0.1) is 12.7 Å². The minimum Gasteiger partial charge on any atom is -0.493 e. The van der Waals surface area contributed by atoms with Crippen LogP contribution in [0.1, 0.15) is 42.1 Å². The van der Waals surface area contributed by atoms with Crippen molar-refractivity contribution >= 4 is 23.4 Å². The number of ether oxygens (including phenoxy) is 3. The first-order valence-electron chi connectivity index (χ1n) is 13.1. The molecule has 0 N–H and O–H groups in total. The molecule has 4 aromatic rings. The molecule has 1 aromatic heterocycles. The minimum absolute atomic E-state index is 0.179. The molecule has 0 spiro atoms. The van der Waals surface area contributed by atoms with Crippen molar-refractivity contribution in [1.82, 2.24) is 4.57 Å². The van der Waals surface area contributed by atoms with Crippen LogP contribution in [0.3, 0.4) is 0 Å². The number of aromatic nitrogens is 1. The van der Waals surface area contributed by atoms with E-state index in [1.807, 2.05) is 43.3 Å². The van der Waals surface area contributed by atoms with Crippen LogP contribution in [0.2, 0.25) is 0 Å². The SMILES string of the molecule is CCOC(=O)C1=C(C)N=c2s/c(=C\c3cccc(OC)c3OCc3ccc(F)cc3)c(=O)n2[C@@H]1c1ccc(C)cc1. The standard InChI is InChI=1S/C32H29FN2O5S/c1-5-39-31(37)27-20(3)34-32-35(28(27)22-13-9-19(2)10-14-22)30(36)26(41-32)17-23-7-6-8-25(38-4)29(23)40-18-21-11-15-24(33)16-12-21/h6-17,28H,5,18H2,1-4H3/b26-17-/t28-/m1/s1. The lowest BCUT2D eigenvalue weighted by molar-refractivity contribution is -0.139. The Morgan fingerprint density at radius 2 is 1.80 bits per heavy atom. The number of rotatable bonds is 8. The average molecular weight is 573 g/mol. The zero-order valence-corrected chi connectivity index (χ0v) is 24.0. The van der Waals surface area contributed by atoms with Crippen molar-refractivity contribution < 1.29 is 23.4 Å². The number of benzene rings is 3. The highest BCUT2D eigenvalue weighted by Crippen LogP contribution is 2.33. The molecule has 0 unspecified atom stereocenters. The Bertz CT molecular complexity index is 1800. The highest BCUT2D eigenvalue weighted by molar-refractivity contribution is 7.07. The number of para-hydroxylation sites is 1. The zero-order chi connectivity index (χ0) is 29.1. The Morgan fingerprint density at radius 1 is 1.07 bits per heavy atom. The van der Waals surface area contributed by atoms with E-state index in [0.29, 0.717) is 37.7 Å². The summed E-state index contributed by atoms with van der Waals surface area (Å²) in [5.41, 5.74) is 3.80. The van der Waals surface area contributed by atoms with Crippen LogP contribution >= 0.6 is 11.3 Å². The van der Waals surface area contributed by atoms with E-state index >= 15 is 0 Å². The number of halogens is 1. The fraction of sp³-hybridized carbons (Fsp3) is 0.219. The van der Waals surface area contributed by atoms with Crippen molar-refractivity contribution in [2.24, 2.45) is 4.99 Å². The summed E-state index contributed by atoms with van der Waals surface area (Å²) in [6.07, 6.45) is 1.74. The van der Waals surface area contributed by atoms with Gasteiger partial charge in [0.1, 0.15) is 12.4 Å². The number of methoxy groups -OCH3 is 1. The lowest BCUT2D eigenvalue weighted by Crippen LogP contribution is -2.39. The number of carbonyl (C=O) groups excluding carboxylic acids is 1. The third kappa shape index (κ3) is 5.71. The Labute approximate surface area is 240 Å². The molecule has 0 amide bonds.